The Morgan fingerprint density at radius 2 is 1.69 bits per heavy atom. The standard InChI is InChI=1S/C7H14N2O3S/c1-7(6-13(10,11)12)8(2)4-5-9(7)3/h4-5H,6H2,1-3H3,(H,10,11,12). The summed E-state index contributed by atoms with van der Waals surface area (Å²) < 4.78 is 30.3. The summed E-state index contributed by atoms with van der Waals surface area (Å²) in [6, 6.07) is 0. The normalized spacial score (nSPS) is 21.2. The first-order chi connectivity index (χ1) is 5.76. The van der Waals surface area contributed by atoms with E-state index in [2.05, 4.69) is 0 Å². The highest BCUT2D eigenvalue weighted by Gasteiger charge is 2.38. The highest BCUT2D eigenvalue weighted by molar-refractivity contribution is 7.85. The summed E-state index contributed by atoms with van der Waals surface area (Å²) in [4.78, 5) is 3.50. The molecule has 0 aromatic rings. The van der Waals surface area contributed by atoms with Gasteiger partial charge in [0.1, 0.15) is 11.4 Å². The number of hydrogen-bond acceptors (Lipinski definition) is 4. The number of hydrogen-bond donors (Lipinski definition) is 1. The van der Waals surface area contributed by atoms with E-state index in [1.807, 2.05) is 0 Å². The molecule has 1 aliphatic rings. The van der Waals surface area contributed by atoms with Crippen LogP contribution in [-0.4, -0.2) is 48.3 Å². The molecule has 13 heavy (non-hydrogen) atoms. The quantitative estimate of drug-likeness (QED) is 0.641. The fraction of sp³-hybridized carbons (Fsp3) is 0.714. The van der Waals surface area contributed by atoms with E-state index in [9.17, 15) is 8.42 Å². The highest BCUT2D eigenvalue weighted by Crippen LogP contribution is 2.25. The molecule has 0 unspecified atom stereocenters. The predicted octanol–water partition coefficient (Wildman–Crippen LogP) is -0.0612. The third-order valence-electron chi connectivity index (χ3n) is 2.49. The molecule has 5 nitrogen and oxygen atoms in total. The smallest absolute Gasteiger partial charge is 0.269 e. The first-order valence-electron chi connectivity index (χ1n) is 3.85. The van der Waals surface area contributed by atoms with Gasteiger partial charge < -0.3 is 9.80 Å². The summed E-state index contributed by atoms with van der Waals surface area (Å²) in [7, 11) is -0.417. The number of nitrogens with zero attached hydrogens (tertiary/aromatic N) is 2. The third kappa shape index (κ3) is 1.94. The first kappa shape index (κ1) is 10.3. The lowest BCUT2D eigenvalue weighted by Crippen LogP contribution is -2.52. The Kier molecular flexibility index (Phi) is 2.29. The van der Waals surface area contributed by atoms with Crippen molar-refractivity contribution in [1.29, 1.82) is 0 Å². The van der Waals surface area contributed by atoms with Crippen LogP contribution in [0, 0.1) is 0 Å². The lowest BCUT2D eigenvalue weighted by molar-refractivity contribution is 0.106. The van der Waals surface area contributed by atoms with Gasteiger partial charge in [0.15, 0.2) is 0 Å². The van der Waals surface area contributed by atoms with Crippen molar-refractivity contribution >= 4 is 10.1 Å². The molecule has 0 spiro atoms. The van der Waals surface area contributed by atoms with Gasteiger partial charge in [-0.2, -0.15) is 8.42 Å². The first-order valence-corrected chi connectivity index (χ1v) is 5.46. The van der Waals surface area contributed by atoms with Crippen LogP contribution < -0.4 is 0 Å². The SMILES string of the molecule is CN1C=CN(C)C1(C)CS(=O)(=O)O. The second kappa shape index (κ2) is 2.88. The van der Waals surface area contributed by atoms with Gasteiger partial charge in [-0.25, -0.2) is 0 Å². The molecule has 76 valence electrons. The molecule has 0 saturated heterocycles. The average Bonchev–Trinajstić information content (AvgIpc) is 2.14. The molecule has 6 heteroatoms. The van der Waals surface area contributed by atoms with Gasteiger partial charge in [0, 0.05) is 26.5 Å². The second-order valence-corrected chi connectivity index (χ2v) is 4.92. The van der Waals surface area contributed by atoms with E-state index in [4.69, 9.17) is 4.55 Å². The fourth-order valence-corrected chi connectivity index (χ4v) is 2.42. The molecular formula is C7H14N2O3S. The van der Waals surface area contributed by atoms with Crippen LogP contribution in [0.5, 0.6) is 0 Å². The van der Waals surface area contributed by atoms with Gasteiger partial charge in [0.05, 0.1) is 0 Å². The summed E-state index contributed by atoms with van der Waals surface area (Å²) in [5.41, 5.74) is -0.687. The van der Waals surface area contributed by atoms with Crippen LogP contribution in [0.3, 0.4) is 0 Å². The molecule has 0 aromatic heterocycles. The summed E-state index contributed by atoms with van der Waals surface area (Å²) >= 11 is 0. The Morgan fingerprint density at radius 1 is 1.31 bits per heavy atom. The van der Waals surface area contributed by atoms with Crippen molar-refractivity contribution in [3.05, 3.63) is 12.4 Å². The van der Waals surface area contributed by atoms with Crippen LogP contribution in [0.4, 0.5) is 0 Å². The molecule has 0 aliphatic carbocycles. The maximum absolute atomic E-state index is 10.8. The van der Waals surface area contributed by atoms with E-state index in [-0.39, 0.29) is 5.75 Å². The second-order valence-electron chi connectivity index (χ2n) is 3.46. The van der Waals surface area contributed by atoms with Gasteiger partial charge in [0.25, 0.3) is 10.1 Å². The molecule has 0 atom stereocenters. The Hall–Kier alpha value is -0.750. The molecule has 1 aliphatic heterocycles. The molecule has 1 heterocycles. The molecule has 0 saturated carbocycles. The summed E-state index contributed by atoms with van der Waals surface area (Å²) in [6.07, 6.45) is 3.54. The van der Waals surface area contributed by atoms with Crippen LogP contribution >= 0.6 is 0 Å². The van der Waals surface area contributed by atoms with Crippen LogP contribution in [0.15, 0.2) is 12.4 Å². The van der Waals surface area contributed by atoms with E-state index < -0.39 is 15.8 Å². The Labute approximate surface area is 78.4 Å². The van der Waals surface area contributed by atoms with E-state index >= 15 is 0 Å². The van der Waals surface area contributed by atoms with Crippen molar-refractivity contribution in [2.45, 2.75) is 12.6 Å². The van der Waals surface area contributed by atoms with Crippen LogP contribution in [0.25, 0.3) is 0 Å². The minimum Gasteiger partial charge on any atom is -0.356 e. The van der Waals surface area contributed by atoms with Crippen LogP contribution in [0.2, 0.25) is 0 Å². The molecule has 1 rings (SSSR count). The van der Waals surface area contributed by atoms with Gasteiger partial charge in [-0.1, -0.05) is 0 Å². The van der Waals surface area contributed by atoms with Gasteiger partial charge in [0.2, 0.25) is 0 Å². The van der Waals surface area contributed by atoms with Crippen molar-refractivity contribution in [3.8, 4) is 0 Å². The summed E-state index contributed by atoms with van der Waals surface area (Å²) in [5, 5.41) is 0. The Bertz CT molecular complexity index is 311. The lowest BCUT2D eigenvalue weighted by atomic mass is 10.2. The zero-order valence-electron chi connectivity index (χ0n) is 7.93. The maximum Gasteiger partial charge on any atom is 0.269 e. The van der Waals surface area contributed by atoms with E-state index in [1.165, 1.54) is 0 Å². The lowest BCUT2D eigenvalue weighted by Gasteiger charge is -2.38. The van der Waals surface area contributed by atoms with Crippen molar-refractivity contribution in [2.24, 2.45) is 0 Å². The molecule has 0 fully saturated rings. The Balaban J connectivity index is 2.89. The number of rotatable bonds is 2. The minimum absolute atomic E-state index is 0.306. The zero-order valence-corrected chi connectivity index (χ0v) is 8.74. The fourth-order valence-electron chi connectivity index (χ4n) is 1.32. The van der Waals surface area contributed by atoms with Gasteiger partial charge >= 0.3 is 0 Å². The van der Waals surface area contributed by atoms with Crippen molar-refractivity contribution in [2.75, 3.05) is 19.8 Å². The monoisotopic (exact) mass is 206 g/mol. The highest BCUT2D eigenvalue weighted by atomic mass is 32.2. The topological polar surface area (TPSA) is 60.9 Å². The van der Waals surface area contributed by atoms with E-state index in [0.717, 1.165) is 0 Å². The molecule has 0 aromatic carbocycles. The minimum atomic E-state index is -3.96. The van der Waals surface area contributed by atoms with Crippen LogP contribution in [0.1, 0.15) is 6.92 Å². The summed E-state index contributed by atoms with van der Waals surface area (Å²) in [6.45, 7) is 1.75. The van der Waals surface area contributed by atoms with Gasteiger partial charge in [-0.15, -0.1) is 0 Å². The molecular weight excluding hydrogens is 192 g/mol. The molecule has 0 bridgehead atoms. The average molecular weight is 206 g/mol. The Morgan fingerprint density at radius 3 is 2.00 bits per heavy atom. The van der Waals surface area contributed by atoms with Crippen LogP contribution in [-0.2, 0) is 10.1 Å². The van der Waals surface area contributed by atoms with Gasteiger partial charge in [-0.3, -0.25) is 4.55 Å². The van der Waals surface area contributed by atoms with Crippen molar-refractivity contribution in [1.82, 2.24) is 9.80 Å². The van der Waals surface area contributed by atoms with E-state index in [0.29, 0.717) is 0 Å². The maximum atomic E-state index is 10.8. The third-order valence-corrected chi connectivity index (χ3v) is 3.40. The molecule has 0 amide bonds. The molecule has 0 radical (unpaired) electrons. The van der Waals surface area contributed by atoms with Crippen molar-refractivity contribution < 1.29 is 13.0 Å². The molecule has 1 N–H and O–H groups in total. The largest absolute Gasteiger partial charge is 0.356 e. The van der Waals surface area contributed by atoms with E-state index in [1.54, 1.807) is 43.2 Å². The summed E-state index contributed by atoms with van der Waals surface area (Å²) in [5.74, 6) is -0.306. The van der Waals surface area contributed by atoms with Crippen molar-refractivity contribution in [3.63, 3.8) is 0 Å². The van der Waals surface area contributed by atoms with Gasteiger partial charge in [-0.05, 0) is 6.92 Å². The predicted molar refractivity (Wildman–Crippen MR) is 49.5 cm³/mol. The zero-order chi connectivity index (χ0) is 10.3.